The Morgan fingerprint density at radius 1 is 1.50 bits per heavy atom. The van der Waals surface area contributed by atoms with Crippen LogP contribution in [0.15, 0.2) is 12.1 Å². The number of ketones is 1. The molecule has 1 N–H and O–H groups in total. The molecule has 0 aliphatic carbocycles. The molecule has 0 amide bonds. The number of hydrogen-bond donors (Lipinski definition) is 1. The van der Waals surface area contributed by atoms with E-state index in [0.717, 1.165) is 11.3 Å². The van der Waals surface area contributed by atoms with E-state index in [4.69, 9.17) is 16.7 Å². The number of likely N-dealkylation sites (N-methyl/N-ethyl adjacent to an activating group) is 1. The molecule has 1 heterocycles. The predicted molar refractivity (Wildman–Crippen MR) is 63.4 cm³/mol. The van der Waals surface area contributed by atoms with Gasteiger partial charge in [0.25, 0.3) is 0 Å². The highest BCUT2D eigenvalue weighted by atomic mass is 35.5. The first-order valence-corrected chi connectivity index (χ1v) is 5.79. The number of carbonyl (C=O) groups is 2. The standard InChI is InChI=1S/C10H12ClNO3S/c1-12(2)6(5-9(13)14)10(15)7-3-4-8(11)16-7/h3-4,6H,5H2,1-2H3,(H,13,14). The predicted octanol–water partition coefficient (Wildman–Crippen LogP) is 1.99. The zero-order valence-electron chi connectivity index (χ0n) is 8.94. The van der Waals surface area contributed by atoms with Gasteiger partial charge in [0.15, 0.2) is 5.78 Å². The molecule has 88 valence electrons. The molecule has 1 rings (SSSR count). The number of carbonyl (C=O) groups excluding carboxylic acids is 1. The average molecular weight is 262 g/mol. The Labute approximate surface area is 102 Å². The van der Waals surface area contributed by atoms with Crippen LogP contribution in [0.25, 0.3) is 0 Å². The number of carboxylic acid groups (broad SMARTS) is 1. The second kappa shape index (κ2) is 5.43. The lowest BCUT2D eigenvalue weighted by atomic mass is 10.1. The molecule has 1 aromatic heterocycles. The van der Waals surface area contributed by atoms with Crippen LogP contribution in [0.2, 0.25) is 4.34 Å². The van der Waals surface area contributed by atoms with Crippen molar-refractivity contribution >= 4 is 34.7 Å². The van der Waals surface area contributed by atoms with Crippen LogP contribution in [0, 0.1) is 0 Å². The van der Waals surface area contributed by atoms with Gasteiger partial charge in [-0.1, -0.05) is 11.6 Å². The number of carboxylic acids is 1. The summed E-state index contributed by atoms with van der Waals surface area (Å²) in [5.41, 5.74) is 0. The van der Waals surface area contributed by atoms with Crippen LogP contribution in [-0.4, -0.2) is 41.9 Å². The van der Waals surface area contributed by atoms with Crippen LogP contribution in [0.5, 0.6) is 0 Å². The summed E-state index contributed by atoms with van der Waals surface area (Å²) in [4.78, 5) is 24.7. The summed E-state index contributed by atoms with van der Waals surface area (Å²) >= 11 is 6.90. The highest BCUT2D eigenvalue weighted by Gasteiger charge is 2.25. The third kappa shape index (κ3) is 3.30. The number of nitrogens with zero attached hydrogens (tertiary/aromatic N) is 1. The lowest BCUT2D eigenvalue weighted by Crippen LogP contribution is -2.37. The Bertz CT molecular complexity index is 403. The Hall–Kier alpha value is -0.910. The van der Waals surface area contributed by atoms with Crippen molar-refractivity contribution in [3.63, 3.8) is 0 Å². The van der Waals surface area contributed by atoms with Gasteiger partial charge in [-0.05, 0) is 26.2 Å². The fourth-order valence-electron chi connectivity index (χ4n) is 1.29. The number of aliphatic carboxylic acids is 1. The van der Waals surface area contributed by atoms with Crippen molar-refractivity contribution in [3.8, 4) is 0 Å². The molecule has 1 atom stereocenters. The molecular weight excluding hydrogens is 250 g/mol. The lowest BCUT2D eigenvalue weighted by Gasteiger charge is -2.20. The van der Waals surface area contributed by atoms with Crippen molar-refractivity contribution in [2.24, 2.45) is 0 Å². The molecule has 0 fully saturated rings. The summed E-state index contributed by atoms with van der Waals surface area (Å²) in [6.07, 6.45) is -0.207. The number of halogens is 1. The van der Waals surface area contributed by atoms with Gasteiger partial charge in [-0.25, -0.2) is 0 Å². The molecule has 4 nitrogen and oxygen atoms in total. The first-order chi connectivity index (χ1) is 7.41. The summed E-state index contributed by atoms with van der Waals surface area (Å²) in [5.74, 6) is -1.20. The van der Waals surface area contributed by atoms with E-state index < -0.39 is 12.0 Å². The summed E-state index contributed by atoms with van der Waals surface area (Å²) < 4.78 is 0.524. The van der Waals surface area contributed by atoms with Crippen LogP contribution < -0.4 is 0 Å². The maximum atomic E-state index is 12.0. The van der Waals surface area contributed by atoms with Gasteiger partial charge < -0.3 is 5.11 Å². The Morgan fingerprint density at radius 3 is 2.50 bits per heavy atom. The molecule has 0 aliphatic rings. The topological polar surface area (TPSA) is 57.6 Å². The molecule has 6 heteroatoms. The van der Waals surface area contributed by atoms with Crippen molar-refractivity contribution < 1.29 is 14.7 Å². The van der Waals surface area contributed by atoms with E-state index in [2.05, 4.69) is 0 Å². The third-order valence-electron chi connectivity index (χ3n) is 2.11. The molecule has 1 unspecified atom stereocenters. The maximum Gasteiger partial charge on any atom is 0.305 e. The summed E-state index contributed by atoms with van der Waals surface area (Å²) in [5, 5.41) is 8.73. The van der Waals surface area contributed by atoms with E-state index in [1.807, 2.05) is 0 Å². The minimum absolute atomic E-state index is 0.204. The first-order valence-electron chi connectivity index (χ1n) is 4.59. The summed E-state index contributed by atoms with van der Waals surface area (Å²) in [6.45, 7) is 0. The quantitative estimate of drug-likeness (QED) is 0.824. The fraction of sp³-hybridized carbons (Fsp3) is 0.400. The maximum absolute atomic E-state index is 12.0. The van der Waals surface area contributed by atoms with Gasteiger partial charge in [0.05, 0.1) is 21.7 Å². The van der Waals surface area contributed by atoms with Gasteiger partial charge in [0.1, 0.15) is 0 Å². The number of thiophene rings is 1. The molecule has 0 radical (unpaired) electrons. The van der Waals surface area contributed by atoms with Crippen LogP contribution in [-0.2, 0) is 4.79 Å². The van der Waals surface area contributed by atoms with Gasteiger partial charge in [-0.2, -0.15) is 0 Å². The molecule has 0 aliphatic heterocycles. The van der Waals surface area contributed by atoms with Crippen molar-refractivity contribution in [2.75, 3.05) is 14.1 Å². The van der Waals surface area contributed by atoms with Gasteiger partial charge in [-0.15, -0.1) is 11.3 Å². The van der Waals surface area contributed by atoms with E-state index >= 15 is 0 Å². The minimum atomic E-state index is -0.991. The van der Waals surface area contributed by atoms with Crippen molar-refractivity contribution in [1.82, 2.24) is 4.90 Å². The van der Waals surface area contributed by atoms with Gasteiger partial charge in [-0.3, -0.25) is 14.5 Å². The smallest absolute Gasteiger partial charge is 0.305 e. The zero-order valence-corrected chi connectivity index (χ0v) is 10.5. The molecule has 1 aromatic rings. The molecular formula is C10H12ClNO3S. The van der Waals surface area contributed by atoms with Crippen molar-refractivity contribution in [3.05, 3.63) is 21.3 Å². The molecule has 0 aromatic carbocycles. The SMILES string of the molecule is CN(C)C(CC(=O)O)C(=O)c1ccc(Cl)s1. The third-order valence-corrected chi connectivity index (χ3v) is 3.36. The first kappa shape index (κ1) is 13.2. The van der Waals surface area contributed by atoms with E-state index in [1.165, 1.54) is 0 Å². The normalized spacial score (nSPS) is 12.8. The monoisotopic (exact) mass is 261 g/mol. The summed E-state index contributed by atoms with van der Waals surface area (Å²) in [7, 11) is 3.36. The Morgan fingerprint density at radius 2 is 2.12 bits per heavy atom. The fourth-order valence-corrected chi connectivity index (χ4v) is 2.32. The largest absolute Gasteiger partial charge is 0.481 e. The average Bonchev–Trinajstić information content (AvgIpc) is 2.59. The van der Waals surface area contributed by atoms with Crippen molar-refractivity contribution in [2.45, 2.75) is 12.5 Å². The lowest BCUT2D eigenvalue weighted by molar-refractivity contribution is -0.137. The highest BCUT2D eigenvalue weighted by Crippen LogP contribution is 2.23. The number of rotatable bonds is 5. The summed E-state index contributed by atoms with van der Waals surface area (Å²) in [6, 6.07) is 2.60. The second-order valence-corrected chi connectivity index (χ2v) is 5.26. The van der Waals surface area contributed by atoms with Crippen molar-refractivity contribution in [1.29, 1.82) is 0 Å². The van der Waals surface area contributed by atoms with Crippen LogP contribution in [0.4, 0.5) is 0 Å². The molecule has 0 bridgehead atoms. The highest BCUT2D eigenvalue weighted by molar-refractivity contribution is 7.18. The Kier molecular flexibility index (Phi) is 4.46. The van der Waals surface area contributed by atoms with Gasteiger partial charge >= 0.3 is 5.97 Å². The number of Topliss-reactive ketones (excluding diaryl/α,β-unsaturated/α-hetero) is 1. The van der Waals surface area contributed by atoms with Crippen LogP contribution in [0.1, 0.15) is 16.1 Å². The minimum Gasteiger partial charge on any atom is -0.481 e. The van der Waals surface area contributed by atoms with E-state index in [-0.39, 0.29) is 12.2 Å². The van der Waals surface area contributed by atoms with E-state index in [1.54, 1.807) is 31.1 Å². The molecule has 16 heavy (non-hydrogen) atoms. The van der Waals surface area contributed by atoms with Crippen LogP contribution in [0.3, 0.4) is 0 Å². The van der Waals surface area contributed by atoms with Gasteiger partial charge in [0.2, 0.25) is 0 Å². The van der Waals surface area contributed by atoms with Gasteiger partial charge in [0, 0.05) is 0 Å². The molecule has 0 spiro atoms. The molecule has 0 saturated heterocycles. The number of hydrogen-bond acceptors (Lipinski definition) is 4. The van der Waals surface area contributed by atoms with E-state index in [0.29, 0.717) is 9.21 Å². The second-order valence-electron chi connectivity index (χ2n) is 3.55. The van der Waals surface area contributed by atoms with Crippen LogP contribution >= 0.6 is 22.9 Å². The Balaban J connectivity index is 2.87. The van der Waals surface area contributed by atoms with E-state index in [9.17, 15) is 9.59 Å². The zero-order chi connectivity index (χ0) is 12.3. The molecule has 0 saturated carbocycles.